The zero-order chi connectivity index (χ0) is 12.0. The normalized spacial score (nSPS) is 11.1. The molecule has 0 amide bonds. The molecule has 0 aliphatic heterocycles. The minimum atomic E-state index is -5.52. The van der Waals surface area contributed by atoms with Gasteiger partial charge in [-0.2, -0.15) is 8.42 Å². The first-order chi connectivity index (χ1) is 6.68. The van der Waals surface area contributed by atoms with Crippen LogP contribution in [0, 0.1) is 29.1 Å². The second-order valence-electron chi connectivity index (χ2n) is 2.37. The van der Waals surface area contributed by atoms with Gasteiger partial charge in [0.15, 0.2) is 28.2 Å². The molecular weight excluding hydrogens is 362 g/mol. The molecule has 0 saturated carbocycles. The molecule has 1 rings (SSSR count). The molecule has 10 heteroatoms. The predicted octanol–water partition coefficient (Wildman–Crippen LogP) is 0.445. The summed E-state index contributed by atoms with van der Waals surface area (Å²) in [7, 11) is -5.52. The van der Waals surface area contributed by atoms with Crippen molar-refractivity contribution in [2.24, 2.45) is 0 Å². The molecular formula is C6H4F5InO3S. The van der Waals surface area contributed by atoms with Crippen LogP contribution in [0.1, 0.15) is 0 Å². The molecule has 0 aromatic heterocycles. The molecule has 0 radical (unpaired) electrons. The van der Waals surface area contributed by atoms with Crippen molar-refractivity contribution in [3.8, 4) is 0 Å². The number of halogens is 5. The second-order valence-corrected chi connectivity index (χ2v) is 3.73. The first-order valence-electron chi connectivity index (χ1n) is 3.16. The van der Waals surface area contributed by atoms with Crippen LogP contribution in [0.3, 0.4) is 0 Å². The van der Waals surface area contributed by atoms with Gasteiger partial charge in [-0.3, -0.25) is 4.55 Å². The van der Waals surface area contributed by atoms with Crippen LogP contribution in [0.25, 0.3) is 0 Å². The van der Waals surface area contributed by atoms with Gasteiger partial charge in [0.1, 0.15) is 0 Å². The molecule has 1 aromatic rings. The standard InChI is InChI=1S/C6HF5O3S.In.3H/c7-1-2(8)4(10)6(15(12,13)14)5(11)3(1)9;;;;/h(H,12,13,14);;;;. The number of hydrogen-bond acceptors (Lipinski definition) is 2. The van der Waals surface area contributed by atoms with E-state index in [1.807, 2.05) is 0 Å². The molecule has 0 aliphatic carbocycles. The summed E-state index contributed by atoms with van der Waals surface area (Å²) in [6.45, 7) is 0. The van der Waals surface area contributed by atoms with E-state index in [0.717, 1.165) is 0 Å². The SMILES string of the molecule is O=S(=O)(O)c1c(F)c(F)c(F)c(F)c1F.[InH3]. The summed E-state index contributed by atoms with van der Waals surface area (Å²) in [6, 6.07) is 0. The molecule has 0 saturated heterocycles. The molecule has 1 N–H and O–H groups in total. The fourth-order valence-corrected chi connectivity index (χ4v) is 1.44. The molecule has 0 fully saturated rings. The Morgan fingerprint density at radius 3 is 1.25 bits per heavy atom. The van der Waals surface area contributed by atoms with Gasteiger partial charge >= 0.3 is 36.0 Å². The van der Waals surface area contributed by atoms with E-state index in [-0.39, 0.29) is 25.8 Å². The maximum absolute atomic E-state index is 12.6. The van der Waals surface area contributed by atoms with Crippen LogP contribution >= 0.6 is 0 Å². The van der Waals surface area contributed by atoms with Crippen LogP contribution in [0.5, 0.6) is 0 Å². The Hall–Kier alpha value is -0.350. The summed E-state index contributed by atoms with van der Waals surface area (Å²) in [5.74, 6) is -12.6. The first-order valence-corrected chi connectivity index (χ1v) is 4.61. The van der Waals surface area contributed by atoms with Crippen molar-refractivity contribution in [1.82, 2.24) is 0 Å². The van der Waals surface area contributed by atoms with Gasteiger partial charge in [0, 0.05) is 0 Å². The van der Waals surface area contributed by atoms with Crippen LogP contribution in [0.2, 0.25) is 0 Å². The van der Waals surface area contributed by atoms with Gasteiger partial charge in [0.2, 0.25) is 5.82 Å². The summed E-state index contributed by atoms with van der Waals surface area (Å²) < 4.78 is 91.3. The zero-order valence-corrected chi connectivity index (χ0v) is 7.38. The van der Waals surface area contributed by atoms with Crippen LogP contribution < -0.4 is 0 Å². The Labute approximate surface area is 105 Å². The van der Waals surface area contributed by atoms with Crippen molar-refractivity contribution >= 4 is 36.0 Å². The second kappa shape index (κ2) is 4.88. The van der Waals surface area contributed by atoms with E-state index in [1.165, 1.54) is 0 Å². The van der Waals surface area contributed by atoms with E-state index in [1.54, 1.807) is 0 Å². The van der Waals surface area contributed by atoms with E-state index in [4.69, 9.17) is 4.55 Å². The van der Waals surface area contributed by atoms with E-state index in [0.29, 0.717) is 0 Å². The average molecular weight is 366 g/mol. The van der Waals surface area contributed by atoms with E-state index < -0.39 is 44.1 Å². The quantitative estimate of drug-likeness (QED) is 0.340. The van der Waals surface area contributed by atoms with Crippen molar-refractivity contribution in [2.75, 3.05) is 0 Å². The molecule has 0 bridgehead atoms. The molecule has 0 atom stereocenters. The topological polar surface area (TPSA) is 54.4 Å². The summed E-state index contributed by atoms with van der Waals surface area (Å²) in [5, 5.41) is 0. The van der Waals surface area contributed by atoms with E-state index in [9.17, 15) is 30.4 Å². The Morgan fingerprint density at radius 2 is 1.00 bits per heavy atom. The van der Waals surface area contributed by atoms with Crippen molar-refractivity contribution in [3.63, 3.8) is 0 Å². The van der Waals surface area contributed by atoms with E-state index in [2.05, 4.69) is 0 Å². The third-order valence-electron chi connectivity index (χ3n) is 1.43. The monoisotopic (exact) mass is 366 g/mol. The Bertz CT molecular complexity index is 500. The van der Waals surface area contributed by atoms with Gasteiger partial charge < -0.3 is 0 Å². The maximum atomic E-state index is 12.6. The Balaban J connectivity index is 0.00000225. The summed E-state index contributed by atoms with van der Waals surface area (Å²) in [4.78, 5) is -2.26. The number of hydrogen-bond donors (Lipinski definition) is 1. The zero-order valence-electron chi connectivity index (χ0n) is 6.56. The summed E-state index contributed by atoms with van der Waals surface area (Å²) >= 11 is 0. The van der Waals surface area contributed by atoms with Crippen molar-refractivity contribution in [1.29, 1.82) is 0 Å². The third kappa shape index (κ3) is 2.48. The fraction of sp³-hybridized carbons (Fsp3) is 0. The molecule has 16 heavy (non-hydrogen) atoms. The van der Waals surface area contributed by atoms with Gasteiger partial charge in [-0.05, 0) is 0 Å². The molecule has 0 aliphatic rings. The van der Waals surface area contributed by atoms with Gasteiger partial charge in [-0.25, -0.2) is 22.0 Å². The van der Waals surface area contributed by atoms with Crippen LogP contribution in [-0.2, 0) is 10.1 Å². The molecule has 3 nitrogen and oxygen atoms in total. The van der Waals surface area contributed by atoms with Crippen molar-refractivity contribution in [3.05, 3.63) is 29.1 Å². The van der Waals surface area contributed by atoms with Crippen LogP contribution in [0.15, 0.2) is 4.90 Å². The Kier molecular flexibility index (Phi) is 4.77. The van der Waals surface area contributed by atoms with Crippen molar-refractivity contribution in [2.45, 2.75) is 4.90 Å². The molecule has 0 unspecified atom stereocenters. The average Bonchev–Trinajstić information content (AvgIpc) is 2.09. The van der Waals surface area contributed by atoms with Crippen molar-refractivity contribution < 1.29 is 34.9 Å². The molecule has 1 aromatic carbocycles. The van der Waals surface area contributed by atoms with Gasteiger partial charge in [0.05, 0.1) is 0 Å². The number of benzene rings is 1. The third-order valence-corrected chi connectivity index (χ3v) is 2.30. The fourth-order valence-electron chi connectivity index (χ4n) is 0.811. The van der Waals surface area contributed by atoms with Gasteiger partial charge in [-0.15, -0.1) is 0 Å². The van der Waals surface area contributed by atoms with Gasteiger partial charge in [0.25, 0.3) is 0 Å². The number of rotatable bonds is 1. The van der Waals surface area contributed by atoms with Crippen LogP contribution in [-0.4, -0.2) is 38.8 Å². The molecule has 90 valence electrons. The molecule has 0 heterocycles. The predicted molar refractivity (Wildman–Crippen MR) is 46.0 cm³/mol. The minimum absolute atomic E-state index is 0. The molecule has 0 spiro atoms. The van der Waals surface area contributed by atoms with Crippen LogP contribution in [0.4, 0.5) is 22.0 Å². The van der Waals surface area contributed by atoms with Gasteiger partial charge in [-0.1, -0.05) is 0 Å². The first kappa shape index (κ1) is 15.7. The van der Waals surface area contributed by atoms with E-state index >= 15 is 0 Å². The Morgan fingerprint density at radius 1 is 0.750 bits per heavy atom. The summed E-state index contributed by atoms with van der Waals surface area (Å²) in [5.41, 5.74) is 0. The summed E-state index contributed by atoms with van der Waals surface area (Å²) in [6.07, 6.45) is 0.